The number of nitrogens with zero attached hydrogens (tertiary/aromatic N) is 3. The van der Waals surface area contributed by atoms with Crippen LogP contribution in [0.1, 0.15) is 12.6 Å². The number of alkyl halides is 3. The molecule has 1 fully saturated rings. The summed E-state index contributed by atoms with van der Waals surface area (Å²) in [5, 5.41) is 9.08. The lowest BCUT2D eigenvalue weighted by atomic mass is 10.1. The summed E-state index contributed by atoms with van der Waals surface area (Å²) in [7, 11) is 0.794. The molecule has 1 atom stereocenters. The molecule has 1 saturated heterocycles. The Morgan fingerprint density at radius 2 is 1.87 bits per heavy atom. The summed E-state index contributed by atoms with van der Waals surface area (Å²) in [4.78, 5) is 37.4. The van der Waals surface area contributed by atoms with Crippen LogP contribution in [0, 0.1) is 5.82 Å². The zero-order chi connectivity index (χ0) is 22.6. The highest BCUT2D eigenvalue weighted by atomic mass is 35.5. The number of halogens is 5. The number of anilines is 1. The SMILES string of the molecule is Cn1c(C(F)(F)F)cc(=O)n(-c2cc(N3CO[C@@](C)(C(=O)O)C3)c(Cl)cc2F)c1=O. The van der Waals surface area contributed by atoms with Crippen LogP contribution in [0.4, 0.5) is 23.2 Å². The second-order valence-electron chi connectivity index (χ2n) is 6.80. The van der Waals surface area contributed by atoms with Gasteiger partial charge in [-0.3, -0.25) is 9.36 Å². The summed E-state index contributed by atoms with van der Waals surface area (Å²) in [5.41, 5.74) is -6.50. The second-order valence-corrected chi connectivity index (χ2v) is 7.21. The Hall–Kier alpha value is -2.86. The number of carboxylic acid groups (broad SMARTS) is 1. The lowest BCUT2D eigenvalue weighted by molar-refractivity contribution is -0.156. The molecule has 0 saturated carbocycles. The third-order valence-electron chi connectivity index (χ3n) is 4.69. The first kappa shape index (κ1) is 21.8. The van der Waals surface area contributed by atoms with Crippen LogP contribution in [0.2, 0.25) is 5.02 Å². The van der Waals surface area contributed by atoms with Gasteiger partial charge in [0.1, 0.15) is 18.2 Å². The first-order valence-electron chi connectivity index (χ1n) is 8.28. The van der Waals surface area contributed by atoms with E-state index in [9.17, 15) is 37.1 Å². The number of rotatable bonds is 3. The van der Waals surface area contributed by atoms with Crippen LogP contribution in [0.5, 0.6) is 0 Å². The number of aromatic nitrogens is 2. The van der Waals surface area contributed by atoms with Crippen molar-refractivity contribution in [2.75, 3.05) is 18.2 Å². The van der Waals surface area contributed by atoms with Gasteiger partial charge in [-0.1, -0.05) is 11.6 Å². The maximum absolute atomic E-state index is 14.6. The molecule has 3 rings (SSSR count). The van der Waals surface area contributed by atoms with E-state index in [4.69, 9.17) is 16.3 Å². The van der Waals surface area contributed by atoms with Gasteiger partial charge < -0.3 is 14.7 Å². The van der Waals surface area contributed by atoms with Crippen molar-refractivity contribution in [1.29, 1.82) is 0 Å². The first-order chi connectivity index (χ1) is 13.8. The molecule has 1 aliphatic heterocycles. The zero-order valence-electron chi connectivity index (χ0n) is 15.5. The van der Waals surface area contributed by atoms with E-state index in [0.29, 0.717) is 0 Å². The summed E-state index contributed by atoms with van der Waals surface area (Å²) in [5.74, 6) is -2.39. The Balaban J connectivity index is 2.17. The van der Waals surface area contributed by atoms with E-state index in [-0.39, 0.29) is 39.2 Å². The topological polar surface area (TPSA) is 93.8 Å². The predicted octanol–water partition coefficient (Wildman–Crippen LogP) is 1.98. The van der Waals surface area contributed by atoms with E-state index in [1.54, 1.807) is 0 Å². The lowest BCUT2D eigenvalue weighted by Crippen LogP contribution is -2.41. The molecule has 0 radical (unpaired) electrons. The lowest BCUT2D eigenvalue weighted by Gasteiger charge is -2.21. The van der Waals surface area contributed by atoms with E-state index >= 15 is 0 Å². The highest BCUT2D eigenvalue weighted by Crippen LogP contribution is 2.34. The number of benzene rings is 1. The fourth-order valence-corrected chi connectivity index (χ4v) is 3.29. The Labute approximate surface area is 170 Å². The Morgan fingerprint density at radius 3 is 2.40 bits per heavy atom. The molecule has 0 spiro atoms. The van der Waals surface area contributed by atoms with Crippen molar-refractivity contribution in [3.8, 4) is 5.69 Å². The third kappa shape index (κ3) is 3.56. The van der Waals surface area contributed by atoms with E-state index < -0.39 is 46.2 Å². The predicted molar refractivity (Wildman–Crippen MR) is 96.6 cm³/mol. The Morgan fingerprint density at radius 1 is 1.23 bits per heavy atom. The third-order valence-corrected chi connectivity index (χ3v) is 5.00. The van der Waals surface area contributed by atoms with Crippen molar-refractivity contribution in [2.24, 2.45) is 7.05 Å². The molecule has 13 heteroatoms. The van der Waals surface area contributed by atoms with E-state index in [1.807, 2.05) is 0 Å². The molecule has 8 nitrogen and oxygen atoms in total. The van der Waals surface area contributed by atoms with Crippen LogP contribution >= 0.6 is 11.6 Å². The van der Waals surface area contributed by atoms with E-state index in [2.05, 4.69) is 0 Å². The van der Waals surface area contributed by atoms with E-state index in [0.717, 1.165) is 19.2 Å². The molecule has 30 heavy (non-hydrogen) atoms. The first-order valence-corrected chi connectivity index (χ1v) is 8.66. The number of ether oxygens (including phenoxy) is 1. The van der Waals surface area contributed by atoms with Crippen molar-refractivity contribution < 1.29 is 32.2 Å². The summed E-state index contributed by atoms with van der Waals surface area (Å²) in [6, 6.07) is 1.92. The normalized spacial score (nSPS) is 19.4. The summed E-state index contributed by atoms with van der Waals surface area (Å²) in [6.45, 7) is 0.879. The zero-order valence-corrected chi connectivity index (χ0v) is 16.2. The molecule has 1 aromatic carbocycles. The second kappa shape index (κ2) is 7.13. The molecular weight excluding hydrogens is 438 g/mol. The van der Waals surface area contributed by atoms with Gasteiger partial charge in [0.05, 0.1) is 22.9 Å². The average molecular weight is 452 g/mol. The van der Waals surface area contributed by atoms with Crippen LogP contribution in [-0.2, 0) is 22.8 Å². The molecule has 1 N–H and O–H groups in total. The van der Waals surface area contributed by atoms with Gasteiger partial charge in [-0.15, -0.1) is 0 Å². The summed E-state index contributed by atoms with van der Waals surface area (Å²) in [6.07, 6.45) is -4.97. The fourth-order valence-electron chi connectivity index (χ4n) is 3.02. The fraction of sp³-hybridized carbons (Fsp3) is 0.353. The highest BCUT2D eigenvalue weighted by molar-refractivity contribution is 6.33. The Kier molecular flexibility index (Phi) is 5.19. The van der Waals surface area contributed by atoms with Gasteiger partial charge in [0, 0.05) is 13.1 Å². The van der Waals surface area contributed by atoms with Crippen LogP contribution in [0.3, 0.4) is 0 Å². The number of carboxylic acids is 1. The minimum atomic E-state index is -4.97. The van der Waals surface area contributed by atoms with Crippen molar-refractivity contribution in [2.45, 2.75) is 18.7 Å². The van der Waals surface area contributed by atoms with Crippen LogP contribution in [-0.4, -0.2) is 39.1 Å². The van der Waals surface area contributed by atoms with Crippen molar-refractivity contribution >= 4 is 23.3 Å². The van der Waals surface area contributed by atoms with Gasteiger partial charge in [-0.25, -0.2) is 18.5 Å². The molecule has 0 bridgehead atoms. The van der Waals surface area contributed by atoms with E-state index in [1.165, 1.54) is 11.8 Å². The number of aliphatic carboxylic acids is 1. The highest BCUT2D eigenvalue weighted by Gasteiger charge is 2.43. The van der Waals surface area contributed by atoms with Crippen LogP contribution in [0.15, 0.2) is 27.8 Å². The average Bonchev–Trinajstić information content (AvgIpc) is 3.02. The molecule has 1 aliphatic rings. The summed E-state index contributed by atoms with van der Waals surface area (Å²) < 4.78 is 59.2. The molecule has 1 aromatic heterocycles. The molecular formula is C17H14ClF4N3O5. The van der Waals surface area contributed by atoms with Gasteiger partial charge in [0.2, 0.25) is 0 Å². The van der Waals surface area contributed by atoms with Crippen molar-refractivity contribution in [1.82, 2.24) is 9.13 Å². The molecule has 0 unspecified atom stereocenters. The van der Waals surface area contributed by atoms with Gasteiger partial charge >= 0.3 is 17.8 Å². The largest absolute Gasteiger partial charge is 0.479 e. The molecule has 2 heterocycles. The maximum atomic E-state index is 14.6. The van der Waals surface area contributed by atoms with Gasteiger partial charge in [-0.2, -0.15) is 13.2 Å². The monoisotopic (exact) mass is 451 g/mol. The molecule has 162 valence electrons. The molecule has 2 aromatic rings. The van der Waals surface area contributed by atoms with Crippen molar-refractivity contribution in [3.05, 3.63) is 55.6 Å². The number of carbonyl (C=O) groups is 1. The number of hydrogen-bond donors (Lipinski definition) is 1. The smallest absolute Gasteiger partial charge is 0.431 e. The van der Waals surface area contributed by atoms with Gasteiger partial charge in [0.15, 0.2) is 5.60 Å². The minimum Gasteiger partial charge on any atom is -0.479 e. The summed E-state index contributed by atoms with van der Waals surface area (Å²) >= 11 is 6.03. The van der Waals surface area contributed by atoms with Crippen LogP contribution in [0.25, 0.3) is 5.69 Å². The van der Waals surface area contributed by atoms with Crippen molar-refractivity contribution in [3.63, 3.8) is 0 Å². The minimum absolute atomic E-state index is 0.0342. The van der Waals surface area contributed by atoms with Gasteiger partial charge in [0.25, 0.3) is 5.56 Å². The molecule has 0 aliphatic carbocycles. The van der Waals surface area contributed by atoms with Gasteiger partial charge in [-0.05, 0) is 19.1 Å². The maximum Gasteiger partial charge on any atom is 0.431 e. The number of hydrogen-bond acceptors (Lipinski definition) is 5. The molecule has 0 amide bonds. The van der Waals surface area contributed by atoms with Crippen LogP contribution < -0.4 is 16.1 Å². The quantitative estimate of drug-likeness (QED) is 0.717. The standard InChI is InChI=1S/C17H14ClF4N3O5/c1-16(14(27)28)6-24(7-30-16)10-4-11(9(19)3-8(10)18)25-13(26)5-12(17(20,21)22)23(2)15(25)29/h3-5H,6-7H2,1-2H3,(H,27,28)/t16-/m1/s1. The Bertz CT molecular complexity index is 1160.